The van der Waals surface area contributed by atoms with Gasteiger partial charge in [-0.25, -0.2) is 0 Å². The van der Waals surface area contributed by atoms with Crippen LogP contribution in [0.25, 0.3) is 0 Å². The van der Waals surface area contributed by atoms with Gasteiger partial charge in [0.05, 0.1) is 0 Å². The van der Waals surface area contributed by atoms with Crippen molar-refractivity contribution in [1.82, 2.24) is 4.90 Å². The molecule has 1 aliphatic heterocycles. The van der Waals surface area contributed by atoms with E-state index in [0.29, 0.717) is 0 Å². The number of piperidine rings is 1. The molecular weight excluding hydrogens is 201 g/mol. The Morgan fingerprint density at radius 2 is 1.31 bits per heavy atom. The van der Waals surface area contributed by atoms with Gasteiger partial charge in [0.1, 0.15) is 0 Å². The summed E-state index contributed by atoms with van der Waals surface area (Å²) in [7, 11) is 0. The summed E-state index contributed by atoms with van der Waals surface area (Å²) >= 11 is 0. The summed E-state index contributed by atoms with van der Waals surface area (Å²) in [6.45, 7) is 6.40. The Balaban J connectivity index is 0.00000225. The Kier molecular flexibility index (Phi) is 11.3. The van der Waals surface area contributed by atoms with Crippen molar-refractivity contribution < 1.29 is 4.70 Å². The molecule has 1 fully saturated rings. The maximum Gasteiger partial charge on any atom is -0.00187 e. The Bertz CT molecular complexity index is 133. The minimum atomic E-state index is 0. The minimum Gasteiger partial charge on any atom is -0.303 e. The molecule has 1 nitrogen and oxygen atoms in total. The normalized spacial score (nSPS) is 17.1. The number of halogens is 1. The van der Waals surface area contributed by atoms with Crippen LogP contribution in [-0.4, -0.2) is 24.5 Å². The van der Waals surface area contributed by atoms with Crippen molar-refractivity contribution in [1.29, 1.82) is 0 Å². The highest BCUT2D eigenvalue weighted by molar-refractivity contribution is 4.64. The predicted octanol–water partition coefficient (Wildman–Crippen LogP) is 4.38. The third-order valence-corrected chi connectivity index (χ3v) is 3.53. The van der Waals surface area contributed by atoms with Crippen molar-refractivity contribution in [2.75, 3.05) is 19.6 Å². The van der Waals surface area contributed by atoms with Crippen LogP contribution in [-0.2, 0) is 0 Å². The molecule has 1 saturated heterocycles. The first kappa shape index (κ1) is 15.9. The lowest BCUT2D eigenvalue weighted by Crippen LogP contribution is -2.30. The number of rotatable bonds is 8. The van der Waals surface area contributed by atoms with Gasteiger partial charge in [0.25, 0.3) is 0 Å². The van der Waals surface area contributed by atoms with Crippen LogP contribution < -0.4 is 0 Å². The van der Waals surface area contributed by atoms with Gasteiger partial charge in [0.2, 0.25) is 0 Å². The van der Waals surface area contributed by atoms with E-state index in [0.717, 1.165) is 0 Å². The number of hydrogen-bond acceptors (Lipinski definition) is 1. The van der Waals surface area contributed by atoms with Crippen LogP contribution in [0.2, 0.25) is 0 Å². The molecule has 0 aliphatic carbocycles. The summed E-state index contributed by atoms with van der Waals surface area (Å²) in [5.74, 6) is 0. The van der Waals surface area contributed by atoms with Crippen molar-refractivity contribution in [2.45, 2.75) is 71.1 Å². The fraction of sp³-hybridized carbons (Fsp3) is 1.00. The predicted molar refractivity (Wildman–Crippen MR) is 70.8 cm³/mol. The van der Waals surface area contributed by atoms with E-state index >= 15 is 0 Å². The molecule has 0 aromatic carbocycles. The van der Waals surface area contributed by atoms with Crippen molar-refractivity contribution in [2.24, 2.45) is 0 Å². The van der Waals surface area contributed by atoms with E-state index in [1.165, 1.54) is 83.8 Å². The third-order valence-electron chi connectivity index (χ3n) is 3.53. The number of hydrogen-bond donors (Lipinski definition) is 0. The highest BCUT2D eigenvalue weighted by Gasteiger charge is 2.08. The molecule has 0 unspecified atom stereocenters. The first-order chi connectivity index (χ1) is 7.43. The van der Waals surface area contributed by atoms with Crippen LogP contribution in [0.5, 0.6) is 0 Å². The van der Waals surface area contributed by atoms with E-state index in [1.54, 1.807) is 0 Å². The molecule has 0 aromatic heterocycles. The average molecular weight is 231 g/mol. The summed E-state index contributed by atoms with van der Waals surface area (Å²) in [6.07, 6.45) is 14.4. The first-order valence-corrected chi connectivity index (χ1v) is 7.16. The van der Waals surface area contributed by atoms with E-state index in [2.05, 4.69) is 11.8 Å². The molecular formula is C14H30FN. The van der Waals surface area contributed by atoms with Crippen molar-refractivity contribution in [3.8, 4) is 0 Å². The van der Waals surface area contributed by atoms with Crippen LogP contribution in [0, 0.1) is 0 Å². The van der Waals surface area contributed by atoms with Crippen molar-refractivity contribution >= 4 is 0 Å². The molecule has 0 N–H and O–H groups in total. The van der Waals surface area contributed by atoms with E-state index in [1.807, 2.05) is 0 Å². The quantitative estimate of drug-likeness (QED) is 0.560. The van der Waals surface area contributed by atoms with Crippen LogP contribution in [0.3, 0.4) is 0 Å². The molecule has 0 spiro atoms. The van der Waals surface area contributed by atoms with Crippen LogP contribution in [0.15, 0.2) is 0 Å². The molecule has 1 aliphatic rings. The van der Waals surface area contributed by atoms with Gasteiger partial charge < -0.3 is 4.90 Å². The number of nitrogens with zero attached hydrogens (tertiary/aromatic N) is 1. The average Bonchev–Trinajstić information content (AvgIpc) is 2.29. The Hall–Kier alpha value is -0.110. The topological polar surface area (TPSA) is 3.24 Å². The molecule has 0 saturated carbocycles. The second-order valence-corrected chi connectivity index (χ2v) is 5.02. The molecule has 98 valence electrons. The van der Waals surface area contributed by atoms with Crippen LogP contribution >= 0.6 is 0 Å². The second-order valence-electron chi connectivity index (χ2n) is 5.02. The molecule has 0 aromatic rings. The second kappa shape index (κ2) is 11.4. The fourth-order valence-electron chi connectivity index (χ4n) is 2.48. The molecule has 1 rings (SSSR count). The Labute approximate surface area is 101 Å². The maximum atomic E-state index is 2.66. The molecule has 2 heteroatoms. The minimum absolute atomic E-state index is 0. The number of likely N-dealkylation sites (tertiary alicyclic amines) is 1. The lowest BCUT2D eigenvalue weighted by atomic mass is 10.1. The lowest BCUT2D eigenvalue weighted by Gasteiger charge is -2.26. The van der Waals surface area contributed by atoms with E-state index in [4.69, 9.17) is 0 Å². The molecule has 0 atom stereocenters. The van der Waals surface area contributed by atoms with Gasteiger partial charge in [-0.3, -0.25) is 4.70 Å². The highest BCUT2D eigenvalue weighted by Crippen LogP contribution is 2.11. The smallest absolute Gasteiger partial charge is 0.00187 e. The molecule has 0 bridgehead atoms. The monoisotopic (exact) mass is 231 g/mol. The largest absolute Gasteiger partial charge is 0.303 e. The summed E-state index contributed by atoms with van der Waals surface area (Å²) in [4.78, 5) is 2.66. The van der Waals surface area contributed by atoms with Crippen LogP contribution in [0.1, 0.15) is 71.1 Å². The molecule has 0 radical (unpaired) electrons. The van der Waals surface area contributed by atoms with Crippen molar-refractivity contribution in [3.63, 3.8) is 0 Å². The van der Waals surface area contributed by atoms with Gasteiger partial charge in [-0.05, 0) is 38.9 Å². The van der Waals surface area contributed by atoms with E-state index in [9.17, 15) is 0 Å². The molecule has 0 amide bonds. The van der Waals surface area contributed by atoms with Gasteiger partial charge in [-0.2, -0.15) is 0 Å². The van der Waals surface area contributed by atoms with E-state index in [-0.39, 0.29) is 4.70 Å². The third kappa shape index (κ3) is 8.09. The fourth-order valence-corrected chi connectivity index (χ4v) is 2.48. The van der Waals surface area contributed by atoms with Crippen LogP contribution in [0.4, 0.5) is 4.70 Å². The molecule has 16 heavy (non-hydrogen) atoms. The lowest BCUT2D eigenvalue weighted by molar-refractivity contribution is 0.224. The van der Waals surface area contributed by atoms with Gasteiger partial charge in [0, 0.05) is 0 Å². The standard InChI is InChI=1S/C14H29N.FH/c1-2-3-4-5-6-7-9-12-15-13-10-8-11-14-15;/h2-14H2,1H3;1H. The van der Waals surface area contributed by atoms with Gasteiger partial charge in [-0.15, -0.1) is 0 Å². The zero-order valence-corrected chi connectivity index (χ0v) is 11.0. The summed E-state index contributed by atoms with van der Waals surface area (Å²) in [5.41, 5.74) is 0. The van der Waals surface area contributed by atoms with E-state index < -0.39 is 0 Å². The van der Waals surface area contributed by atoms with Gasteiger partial charge >= 0.3 is 0 Å². The highest BCUT2D eigenvalue weighted by atomic mass is 19.0. The summed E-state index contributed by atoms with van der Waals surface area (Å²) < 4.78 is 0. The zero-order valence-electron chi connectivity index (χ0n) is 11.0. The SMILES string of the molecule is CCCCCCCCCN1CCCCC1.F. The Morgan fingerprint density at radius 3 is 1.94 bits per heavy atom. The molecule has 1 heterocycles. The van der Waals surface area contributed by atoms with Gasteiger partial charge in [-0.1, -0.05) is 51.9 Å². The summed E-state index contributed by atoms with van der Waals surface area (Å²) in [6, 6.07) is 0. The number of unbranched alkanes of at least 4 members (excludes halogenated alkanes) is 6. The summed E-state index contributed by atoms with van der Waals surface area (Å²) in [5, 5.41) is 0. The van der Waals surface area contributed by atoms with Crippen molar-refractivity contribution in [3.05, 3.63) is 0 Å². The van der Waals surface area contributed by atoms with Gasteiger partial charge in [0.15, 0.2) is 0 Å². The first-order valence-electron chi connectivity index (χ1n) is 7.16. The Morgan fingerprint density at radius 1 is 0.750 bits per heavy atom. The zero-order chi connectivity index (χ0) is 10.8. The maximum absolute atomic E-state index is 2.66.